The van der Waals surface area contributed by atoms with Crippen molar-refractivity contribution in [3.05, 3.63) is 35.4 Å². The second-order valence-corrected chi connectivity index (χ2v) is 6.73. The minimum Gasteiger partial charge on any atom is -0.480 e. The van der Waals surface area contributed by atoms with Gasteiger partial charge in [0, 0.05) is 19.4 Å². The number of aryl methyl sites for hydroxylation is 1. The van der Waals surface area contributed by atoms with E-state index in [0.717, 1.165) is 17.5 Å². The van der Waals surface area contributed by atoms with E-state index in [2.05, 4.69) is 10.6 Å². The van der Waals surface area contributed by atoms with Crippen LogP contribution in [-0.2, 0) is 19.1 Å². The van der Waals surface area contributed by atoms with E-state index in [4.69, 9.17) is 4.74 Å². The van der Waals surface area contributed by atoms with Crippen LogP contribution in [-0.4, -0.2) is 42.1 Å². The number of rotatable bonds is 7. The van der Waals surface area contributed by atoms with Crippen molar-refractivity contribution in [2.24, 2.45) is 5.92 Å². The number of carbonyl (C=O) groups excluding carboxylic acids is 2. The molecule has 3 atom stereocenters. The Kier molecular flexibility index (Phi) is 7.15. The molecule has 1 aromatic carbocycles. The summed E-state index contributed by atoms with van der Waals surface area (Å²) in [7, 11) is 0. The lowest BCUT2D eigenvalue weighted by Crippen LogP contribution is -2.49. The number of carboxylic acids is 1. The Morgan fingerprint density at radius 1 is 1.23 bits per heavy atom. The maximum atomic E-state index is 12.5. The Morgan fingerprint density at radius 2 is 1.92 bits per heavy atom. The molecule has 2 rings (SSSR count). The van der Waals surface area contributed by atoms with E-state index in [0.29, 0.717) is 19.6 Å². The number of carbonyl (C=O) groups is 3. The largest absolute Gasteiger partial charge is 0.480 e. The van der Waals surface area contributed by atoms with E-state index in [9.17, 15) is 19.5 Å². The summed E-state index contributed by atoms with van der Waals surface area (Å²) in [5, 5.41) is 14.8. The molecule has 0 aliphatic carbocycles. The Labute approximate surface area is 153 Å². The van der Waals surface area contributed by atoms with Crippen molar-refractivity contribution in [1.82, 2.24) is 10.6 Å². The number of hydrogen-bond acceptors (Lipinski definition) is 4. The molecule has 1 aliphatic rings. The summed E-state index contributed by atoms with van der Waals surface area (Å²) >= 11 is 0. The van der Waals surface area contributed by atoms with Gasteiger partial charge in [0.2, 0.25) is 11.8 Å². The van der Waals surface area contributed by atoms with Crippen LogP contribution in [0.5, 0.6) is 0 Å². The molecule has 1 heterocycles. The number of amides is 2. The average Bonchev–Trinajstić information content (AvgIpc) is 2.60. The van der Waals surface area contributed by atoms with Crippen LogP contribution in [0.3, 0.4) is 0 Å². The van der Waals surface area contributed by atoms with Crippen LogP contribution in [0, 0.1) is 12.8 Å². The van der Waals surface area contributed by atoms with Gasteiger partial charge < -0.3 is 20.5 Å². The minimum absolute atomic E-state index is 0.0278. The van der Waals surface area contributed by atoms with Crippen LogP contribution >= 0.6 is 0 Å². The molecule has 0 spiro atoms. The first-order valence-electron chi connectivity index (χ1n) is 8.80. The minimum atomic E-state index is -1.07. The lowest BCUT2D eigenvalue weighted by molar-refractivity contribution is -0.145. The standard InChI is InChI=1S/C19H26N2O5/c1-12-5-7-14(8-6-12)16(20-13(2)22)10-17(23)21-18(19(24)25)15-4-3-9-26-11-15/h5-8,15-16,18H,3-4,9-11H2,1-2H3,(H,20,22)(H,21,23)(H,24,25). The summed E-state index contributed by atoms with van der Waals surface area (Å²) in [6, 6.07) is 6.02. The molecule has 26 heavy (non-hydrogen) atoms. The van der Waals surface area contributed by atoms with Gasteiger partial charge in [-0.1, -0.05) is 29.8 Å². The van der Waals surface area contributed by atoms with Gasteiger partial charge in [-0.15, -0.1) is 0 Å². The zero-order chi connectivity index (χ0) is 19.1. The van der Waals surface area contributed by atoms with Gasteiger partial charge in [0.1, 0.15) is 6.04 Å². The predicted molar refractivity (Wildman–Crippen MR) is 95.5 cm³/mol. The summed E-state index contributed by atoms with van der Waals surface area (Å²) < 4.78 is 5.34. The molecule has 0 saturated carbocycles. The predicted octanol–water partition coefficient (Wildman–Crippen LogP) is 1.56. The van der Waals surface area contributed by atoms with Crippen molar-refractivity contribution in [3.8, 4) is 0 Å². The van der Waals surface area contributed by atoms with Gasteiger partial charge in [-0.3, -0.25) is 9.59 Å². The van der Waals surface area contributed by atoms with Gasteiger partial charge in [-0.2, -0.15) is 0 Å². The summed E-state index contributed by atoms with van der Waals surface area (Å²) in [5.41, 5.74) is 1.87. The number of nitrogens with one attached hydrogen (secondary N) is 2. The van der Waals surface area contributed by atoms with Gasteiger partial charge in [0.05, 0.1) is 19.1 Å². The molecular formula is C19H26N2O5. The van der Waals surface area contributed by atoms with E-state index in [1.54, 1.807) is 0 Å². The quantitative estimate of drug-likeness (QED) is 0.683. The molecule has 1 aromatic rings. The Bertz CT molecular complexity index is 638. The fourth-order valence-corrected chi connectivity index (χ4v) is 3.12. The Morgan fingerprint density at radius 3 is 2.46 bits per heavy atom. The zero-order valence-electron chi connectivity index (χ0n) is 15.2. The van der Waals surface area contributed by atoms with Gasteiger partial charge in [-0.05, 0) is 25.3 Å². The molecule has 2 amide bonds. The van der Waals surface area contributed by atoms with Crippen LogP contribution < -0.4 is 10.6 Å². The van der Waals surface area contributed by atoms with Gasteiger partial charge in [-0.25, -0.2) is 4.79 Å². The van der Waals surface area contributed by atoms with E-state index in [1.165, 1.54) is 6.92 Å². The fraction of sp³-hybridized carbons (Fsp3) is 0.526. The van der Waals surface area contributed by atoms with Crippen LogP contribution in [0.4, 0.5) is 0 Å². The van der Waals surface area contributed by atoms with E-state index < -0.39 is 24.0 Å². The summed E-state index contributed by atoms with van der Waals surface area (Å²) in [6.45, 7) is 4.28. The van der Waals surface area contributed by atoms with Gasteiger partial charge in [0.25, 0.3) is 0 Å². The normalized spacial score (nSPS) is 19.2. The fourth-order valence-electron chi connectivity index (χ4n) is 3.12. The molecule has 142 valence electrons. The van der Waals surface area contributed by atoms with E-state index in [1.807, 2.05) is 31.2 Å². The average molecular weight is 362 g/mol. The van der Waals surface area contributed by atoms with Crippen molar-refractivity contribution in [2.75, 3.05) is 13.2 Å². The van der Waals surface area contributed by atoms with Gasteiger partial charge in [0.15, 0.2) is 0 Å². The van der Waals surface area contributed by atoms with Crippen LogP contribution in [0.15, 0.2) is 24.3 Å². The van der Waals surface area contributed by atoms with Crippen LogP contribution in [0.25, 0.3) is 0 Å². The molecule has 0 radical (unpaired) electrons. The number of ether oxygens (including phenoxy) is 1. The Hall–Kier alpha value is -2.41. The lowest BCUT2D eigenvalue weighted by atomic mass is 9.93. The van der Waals surface area contributed by atoms with Crippen molar-refractivity contribution in [1.29, 1.82) is 0 Å². The first kappa shape index (κ1) is 19.9. The number of aliphatic carboxylic acids is 1. The highest BCUT2D eigenvalue weighted by molar-refractivity contribution is 5.84. The molecule has 3 unspecified atom stereocenters. The second kappa shape index (κ2) is 9.33. The smallest absolute Gasteiger partial charge is 0.326 e. The van der Waals surface area contributed by atoms with Crippen LogP contribution in [0.1, 0.15) is 43.4 Å². The van der Waals surface area contributed by atoms with Crippen molar-refractivity contribution < 1.29 is 24.2 Å². The highest BCUT2D eigenvalue weighted by Crippen LogP contribution is 2.20. The molecule has 0 aromatic heterocycles. The highest BCUT2D eigenvalue weighted by atomic mass is 16.5. The molecular weight excluding hydrogens is 336 g/mol. The molecule has 7 nitrogen and oxygen atoms in total. The number of benzene rings is 1. The highest BCUT2D eigenvalue weighted by Gasteiger charge is 2.32. The maximum Gasteiger partial charge on any atom is 0.326 e. The monoisotopic (exact) mass is 362 g/mol. The zero-order valence-corrected chi connectivity index (χ0v) is 15.2. The third kappa shape index (κ3) is 5.84. The third-order valence-corrected chi connectivity index (χ3v) is 4.50. The van der Waals surface area contributed by atoms with Crippen molar-refractivity contribution in [3.63, 3.8) is 0 Å². The Balaban J connectivity index is 2.05. The van der Waals surface area contributed by atoms with Crippen molar-refractivity contribution in [2.45, 2.75) is 45.2 Å². The SMILES string of the molecule is CC(=O)NC(CC(=O)NC(C(=O)O)C1CCCOC1)c1ccc(C)cc1. The molecule has 3 N–H and O–H groups in total. The lowest BCUT2D eigenvalue weighted by Gasteiger charge is -2.28. The molecule has 1 fully saturated rings. The third-order valence-electron chi connectivity index (χ3n) is 4.50. The topological polar surface area (TPSA) is 105 Å². The number of carboxylic acid groups (broad SMARTS) is 1. The molecule has 1 saturated heterocycles. The van der Waals surface area contributed by atoms with Crippen molar-refractivity contribution >= 4 is 17.8 Å². The molecule has 1 aliphatic heterocycles. The van der Waals surface area contributed by atoms with E-state index in [-0.39, 0.29) is 18.2 Å². The second-order valence-electron chi connectivity index (χ2n) is 6.73. The molecule has 0 bridgehead atoms. The van der Waals surface area contributed by atoms with E-state index >= 15 is 0 Å². The molecule has 7 heteroatoms. The summed E-state index contributed by atoms with van der Waals surface area (Å²) in [5.74, 6) is -1.98. The van der Waals surface area contributed by atoms with Crippen LogP contribution in [0.2, 0.25) is 0 Å². The van der Waals surface area contributed by atoms with Gasteiger partial charge >= 0.3 is 5.97 Å². The summed E-state index contributed by atoms with van der Waals surface area (Å²) in [4.78, 5) is 35.5. The maximum absolute atomic E-state index is 12.5. The first-order valence-corrected chi connectivity index (χ1v) is 8.80. The first-order chi connectivity index (χ1) is 12.4. The number of hydrogen-bond donors (Lipinski definition) is 3. The summed E-state index contributed by atoms with van der Waals surface area (Å²) in [6.07, 6.45) is 1.45.